The number of ether oxygens (including phenoxy) is 1. The number of hydrogen-bond donors (Lipinski definition) is 1. The van der Waals surface area contributed by atoms with Crippen molar-refractivity contribution in [1.82, 2.24) is 5.32 Å². The van der Waals surface area contributed by atoms with Crippen LogP contribution in [0.4, 0.5) is 5.69 Å². The minimum absolute atomic E-state index is 0.358. The van der Waals surface area contributed by atoms with Crippen LogP contribution in [0, 0.1) is 0 Å². The van der Waals surface area contributed by atoms with E-state index in [4.69, 9.17) is 4.74 Å². The maximum atomic E-state index is 5.24. The molecule has 108 valence electrons. The Morgan fingerprint density at radius 3 is 2.79 bits per heavy atom. The first-order valence-corrected chi connectivity index (χ1v) is 7.60. The fraction of sp³-hybridized carbons (Fsp3) is 0.600. The van der Waals surface area contributed by atoms with E-state index in [1.54, 1.807) is 7.11 Å². The zero-order chi connectivity index (χ0) is 14.3. The summed E-state index contributed by atoms with van der Waals surface area (Å²) in [6.45, 7) is 7.03. The molecule has 1 atom stereocenters. The Kier molecular flexibility index (Phi) is 7.42. The summed E-state index contributed by atoms with van der Waals surface area (Å²) in [5.74, 6) is 0. The van der Waals surface area contributed by atoms with Crippen molar-refractivity contribution in [3.05, 3.63) is 28.2 Å². The first-order valence-electron chi connectivity index (χ1n) is 6.81. The molecule has 0 amide bonds. The molecule has 0 aliphatic heterocycles. The fourth-order valence-electron chi connectivity index (χ4n) is 2.03. The maximum Gasteiger partial charge on any atom is 0.0663 e. The number of likely N-dealkylation sites (N-methyl/N-ethyl adjacent to an activating group) is 1. The Morgan fingerprint density at radius 1 is 1.42 bits per heavy atom. The molecule has 1 aromatic rings. The lowest BCUT2D eigenvalue weighted by Crippen LogP contribution is -2.33. The third-order valence-electron chi connectivity index (χ3n) is 3.23. The minimum atomic E-state index is 0.358. The molecule has 3 nitrogen and oxygen atoms in total. The van der Waals surface area contributed by atoms with Gasteiger partial charge < -0.3 is 15.0 Å². The van der Waals surface area contributed by atoms with Gasteiger partial charge in [0.15, 0.2) is 0 Å². The lowest BCUT2D eigenvalue weighted by Gasteiger charge is -2.29. The number of methoxy groups -OCH3 is 1. The van der Waals surface area contributed by atoms with Crippen LogP contribution in [-0.2, 0) is 11.3 Å². The van der Waals surface area contributed by atoms with Gasteiger partial charge in [0.2, 0.25) is 0 Å². The van der Waals surface area contributed by atoms with Gasteiger partial charge in [-0.1, -0.05) is 22.9 Å². The van der Waals surface area contributed by atoms with E-state index in [1.807, 2.05) is 0 Å². The Bertz CT molecular complexity index is 384. The van der Waals surface area contributed by atoms with Crippen LogP contribution in [0.1, 0.15) is 25.8 Å². The second-order valence-electron chi connectivity index (χ2n) is 4.87. The molecule has 0 radical (unpaired) electrons. The van der Waals surface area contributed by atoms with Crippen LogP contribution < -0.4 is 10.2 Å². The summed E-state index contributed by atoms with van der Waals surface area (Å²) in [7, 11) is 3.87. The summed E-state index contributed by atoms with van der Waals surface area (Å²) in [6.07, 6.45) is 1.15. The number of anilines is 1. The Balaban J connectivity index is 2.85. The molecule has 0 spiro atoms. The van der Waals surface area contributed by atoms with Crippen molar-refractivity contribution < 1.29 is 4.74 Å². The number of rotatable bonds is 8. The van der Waals surface area contributed by atoms with Gasteiger partial charge in [-0.05, 0) is 43.7 Å². The van der Waals surface area contributed by atoms with Crippen LogP contribution in [0.15, 0.2) is 22.7 Å². The lowest BCUT2D eigenvalue weighted by molar-refractivity contribution is 0.183. The average Bonchev–Trinajstić information content (AvgIpc) is 2.39. The number of halogens is 1. The Morgan fingerprint density at radius 2 is 2.16 bits per heavy atom. The van der Waals surface area contributed by atoms with Crippen LogP contribution in [0.3, 0.4) is 0 Å². The molecule has 0 heterocycles. The van der Waals surface area contributed by atoms with E-state index in [0.717, 1.165) is 30.6 Å². The Labute approximate surface area is 125 Å². The Hall–Kier alpha value is -0.580. The molecule has 0 fully saturated rings. The number of nitrogens with one attached hydrogen (secondary N) is 1. The van der Waals surface area contributed by atoms with Crippen LogP contribution in [0.25, 0.3) is 0 Å². The van der Waals surface area contributed by atoms with Crippen molar-refractivity contribution in [2.45, 2.75) is 32.9 Å². The molecule has 0 aliphatic rings. The van der Waals surface area contributed by atoms with E-state index < -0.39 is 0 Å². The normalized spacial score (nSPS) is 12.5. The van der Waals surface area contributed by atoms with Gasteiger partial charge >= 0.3 is 0 Å². The molecule has 1 unspecified atom stereocenters. The maximum absolute atomic E-state index is 5.24. The molecule has 1 N–H and O–H groups in total. The quantitative estimate of drug-likeness (QED) is 0.740. The number of benzene rings is 1. The molecular weight excluding hydrogens is 304 g/mol. The topological polar surface area (TPSA) is 24.5 Å². The molecule has 0 saturated heterocycles. The molecule has 1 rings (SSSR count). The summed E-state index contributed by atoms with van der Waals surface area (Å²) >= 11 is 3.55. The molecule has 0 aromatic heterocycles. The highest BCUT2D eigenvalue weighted by Gasteiger charge is 2.13. The van der Waals surface area contributed by atoms with E-state index in [0.29, 0.717) is 6.04 Å². The summed E-state index contributed by atoms with van der Waals surface area (Å²) < 4.78 is 6.36. The van der Waals surface area contributed by atoms with Crippen molar-refractivity contribution in [3.63, 3.8) is 0 Å². The molecular formula is C15H25BrN2O. The summed E-state index contributed by atoms with van der Waals surface area (Å²) in [5.41, 5.74) is 2.57. The third-order valence-corrected chi connectivity index (χ3v) is 3.73. The predicted molar refractivity (Wildman–Crippen MR) is 85.9 cm³/mol. The highest BCUT2D eigenvalue weighted by Crippen LogP contribution is 2.25. The SMILES string of the molecule is CCCNCc1cc(Br)ccc1N(C)C(C)COC. The number of hydrogen-bond acceptors (Lipinski definition) is 3. The van der Waals surface area contributed by atoms with E-state index in [9.17, 15) is 0 Å². The highest BCUT2D eigenvalue weighted by molar-refractivity contribution is 9.10. The summed E-state index contributed by atoms with van der Waals surface area (Å²) in [5, 5.41) is 3.47. The smallest absolute Gasteiger partial charge is 0.0663 e. The second-order valence-corrected chi connectivity index (χ2v) is 5.78. The molecule has 19 heavy (non-hydrogen) atoms. The second kappa shape index (κ2) is 8.56. The van der Waals surface area contributed by atoms with Gasteiger partial charge in [0.25, 0.3) is 0 Å². The average molecular weight is 329 g/mol. The van der Waals surface area contributed by atoms with Crippen molar-refractivity contribution in [3.8, 4) is 0 Å². The molecule has 1 aromatic carbocycles. The highest BCUT2D eigenvalue weighted by atomic mass is 79.9. The number of nitrogens with zero attached hydrogens (tertiary/aromatic N) is 1. The first-order chi connectivity index (χ1) is 9.10. The molecule has 4 heteroatoms. The van der Waals surface area contributed by atoms with Crippen LogP contribution in [0.5, 0.6) is 0 Å². The van der Waals surface area contributed by atoms with Crippen molar-refractivity contribution in [2.75, 3.05) is 32.2 Å². The van der Waals surface area contributed by atoms with Crippen LogP contribution in [-0.4, -0.2) is 33.4 Å². The molecule has 0 aliphatic carbocycles. The minimum Gasteiger partial charge on any atom is -0.383 e. The lowest BCUT2D eigenvalue weighted by atomic mass is 10.1. The van der Waals surface area contributed by atoms with Gasteiger partial charge in [0.05, 0.1) is 6.61 Å². The predicted octanol–water partition coefficient (Wildman–Crippen LogP) is 3.42. The van der Waals surface area contributed by atoms with Gasteiger partial charge in [-0.2, -0.15) is 0 Å². The zero-order valence-corrected chi connectivity index (χ0v) is 14.0. The van der Waals surface area contributed by atoms with Crippen LogP contribution in [0.2, 0.25) is 0 Å². The zero-order valence-electron chi connectivity index (χ0n) is 12.4. The third kappa shape index (κ3) is 5.13. The van der Waals surface area contributed by atoms with Crippen molar-refractivity contribution in [2.24, 2.45) is 0 Å². The van der Waals surface area contributed by atoms with Gasteiger partial charge in [-0.3, -0.25) is 0 Å². The van der Waals surface area contributed by atoms with E-state index >= 15 is 0 Å². The van der Waals surface area contributed by atoms with Crippen molar-refractivity contribution in [1.29, 1.82) is 0 Å². The molecule has 0 saturated carbocycles. The van der Waals surface area contributed by atoms with E-state index in [2.05, 4.69) is 65.2 Å². The summed E-state index contributed by atoms with van der Waals surface area (Å²) in [6, 6.07) is 6.80. The fourth-order valence-corrected chi connectivity index (χ4v) is 2.44. The van der Waals surface area contributed by atoms with Crippen LogP contribution >= 0.6 is 15.9 Å². The molecule has 0 bridgehead atoms. The van der Waals surface area contributed by atoms with Crippen molar-refractivity contribution >= 4 is 21.6 Å². The van der Waals surface area contributed by atoms with E-state index in [-0.39, 0.29) is 0 Å². The summed E-state index contributed by atoms with van der Waals surface area (Å²) in [4.78, 5) is 2.28. The largest absolute Gasteiger partial charge is 0.383 e. The monoisotopic (exact) mass is 328 g/mol. The van der Waals surface area contributed by atoms with E-state index in [1.165, 1.54) is 11.3 Å². The van der Waals surface area contributed by atoms with Gasteiger partial charge in [-0.15, -0.1) is 0 Å². The van der Waals surface area contributed by atoms with Gasteiger partial charge in [0.1, 0.15) is 0 Å². The first kappa shape index (κ1) is 16.5. The van der Waals surface area contributed by atoms with Gasteiger partial charge in [-0.25, -0.2) is 0 Å². The standard InChI is InChI=1S/C15H25BrN2O/c1-5-8-17-10-13-9-14(16)6-7-15(13)18(3)12(2)11-19-4/h6-7,9,12,17H,5,8,10-11H2,1-4H3. The van der Waals surface area contributed by atoms with Gasteiger partial charge in [0, 0.05) is 36.9 Å².